The standard InChI is InChI=1S/C27H24N8/c1-3-27(4-2,25-32-19-9-7-17(15-21(19)34-25)23-28-11-5-12-29-23)26-33-20-10-8-18(16-22(20)35-26)24-30-13-6-14-31-24/h5-16H,3-4H2,1-2H3,(H,32,34)(H,33,35). The summed E-state index contributed by atoms with van der Waals surface area (Å²) in [6.45, 7) is 4.35. The highest BCUT2D eigenvalue weighted by molar-refractivity contribution is 5.82. The number of hydrogen-bond donors (Lipinski definition) is 2. The Morgan fingerprint density at radius 1 is 0.629 bits per heavy atom. The van der Waals surface area contributed by atoms with Gasteiger partial charge in [-0.15, -0.1) is 0 Å². The molecule has 0 spiro atoms. The number of hydrogen-bond acceptors (Lipinski definition) is 6. The first-order valence-electron chi connectivity index (χ1n) is 11.8. The van der Waals surface area contributed by atoms with Gasteiger partial charge in [0.25, 0.3) is 0 Å². The molecule has 0 atom stereocenters. The largest absolute Gasteiger partial charge is 0.341 e. The molecule has 8 nitrogen and oxygen atoms in total. The van der Waals surface area contributed by atoms with Gasteiger partial charge < -0.3 is 9.97 Å². The van der Waals surface area contributed by atoms with Crippen LogP contribution in [0.25, 0.3) is 44.8 Å². The quantitative estimate of drug-likeness (QED) is 0.342. The summed E-state index contributed by atoms with van der Waals surface area (Å²) in [7, 11) is 0. The maximum atomic E-state index is 5.00. The fraction of sp³-hybridized carbons (Fsp3) is 0.185. The zero-order chi connectivity index (χ0) is 23.8. The predicted octanol–water partition coefficient (Wildman–Crippen LogP) is 5.46. The van der Waals surface area contributed by atoms with E-state index in [9.17, 15) is 0 Å². The van der Waals surface area contributed by atoms with Crippen LogP contribution in [0, 0.1) is 0 Å². The second kappa shape index (κ2) is 8.39. The van der Waals surface area contributed by atoms with Gasteiger partial charge >= 0.3 is 0 Å². The van der Waals surface area contributed by atoms with Crippen LogP contribution in [0.2, 0.25) is 0 Å². The van der Waals surface area contributed by atoms with Gasteiger partial charge in [0.05, 0.1) is 27.5 Å². The van der Waals surface area contributed by atoms with E-state index in [1.807, 2.05) is 36.4 Å². The topological polar surface area (TPSA) is 109 Å². The first-order valence-corrected chi connectivity index (χ1v) is 11.8. The van der Waals surface area contributed by atoms with Gasteiger partial charge in [0.15, 0.2) is 11.6 Å². The number of benzene rings is 2. The Labute approximate surface area is 202 Å². The molecule has 4 heterocycles. The van der Waals surface area contributed by atoms with Crippen LogP contribution in [0.4, 0.5) is 0 Å². The Balaban J connectivity index is 1.44. The van der Waals surface area contributed by atoms with Crippen LogP contribution in [-0.4, -0.2) is 39.9 Å². The summed E-state index contributed by atoms with van der Waals surface area (Å²) < 4.78 is 0. The molecule has 0 saturated heterocycles. The van der Waals surface area contributed by atoms with Gasteiger partial charge in [-0.25, -0.2) is 29.9 Å². The summed E-state index contributed by atoms with van der Waals surface area (Å²) in [4.78, 5) is 34.7. The van der Waals surface area contributed by atoms with Crippen LogP contribution in [0.5, 0.6) is 0 Å². The summed E-state index contributed by atoms with van der Waals surface area (Å²) in [6.07, 6.45) is 8.68. The van der Waals surface area contributed by atoms with Gasteiger partial charge in [-0.1, -0.05) is 13.8 Å². The van der Waals surface area contributed by atoms with Crippen LogP contribution in [0.1, 0.15) is 38.3 Å². The van der Waals surface area contributed by atoms with E-state index in [1.54, 1.807) is 24.8 Å². The van der Waals surface area contributed by atoms with E-state index in [0.29, 0.717) is 11.6 Å². The molecule has 0 fully saturated rings. The van der Waals surface area contributed by atoms with Crippen LogP contribution < -0.4 is 0 Å². The molecule has 4 aromatic heterocycles. The summed E-state index contributed by atoms with van der Waals surface area (Å²) in [5.74, 6) is 3.18. The summed E-state index contributed by atoms with van der Waals surface area (Å²) in [5, 5.41) is 0. The Hall–Kier alpha value is -4.46. The van der Waals surface area contributed by atoms with Crippen molar-refractivity contribution in [2.45, 2.75) is 32.1 Å². The van der Waals surface area contributed by atoms with Gasteiger partial charge in [-0.05, 0) is 61.4 Å². The number of imidazole rings is 2. The van der Waals surface area contributed by atoms with Crippen LogP contribution in [0.15, 0.2) is 73.3 Å². The lowest BCUT2D eigenvalue weighted by Crippen LogP contribution is -2.29. The van der Waals surface area contributed by atoms with Crippen molar-refractivity contribution in [1.82, 2.24) is 39.9 Å². The lowest BCUT2D eigenvalue weighted by Gasteiger charge is -2.27. The number of fused-ring (bicyclic) bond motifs is 2. The molecular formula is C27H24N8. The van der Waals surface area contributed by atoms with Gasteiger partial charge in [0, 0.05) is 35.9 Å². The summed E-state index contributed by atoms with van der Waals surface area (Å²) >= 11 is 0. The highest BCUT2D eigenvalue weighted by Crippen LogP contribution is 2.38. The van der Waals surface area contributed by atoms with Crippen molar-refractivity contribution in [3.63, 3.8) is 0 Å². The van der Waals surface area contributed by atoms with E-state index in [2.05, 4.69) is 55.9 Å². The van der Waals surface area contributed by atoms with Crippen LogP contribution in [0.3, 0.4) is 0 Å². The fourth-order valence-electron chi connectivity index (χ4n) is 4.68. The van der Waals surface area contributed by atoms with E-state index < -0.39 is 0 Å². The van der Waals surface area contributed by atoms with Crippen LogP contribution >= 0.6 is 0 Å². The molecule has 172 valence electrons. The van der Waals surface area contributed by atoms with Crippen molar-refractivity contribution in [2.24, 2.45) is 0 Å². The smallest absolute Gasteiger partial charge is 0.159 e. The second-order valence-corrected chi connectivity index (χ2v) is 8.57. The van der Waals surface area contributed by atoms with Gasteiger partial charge in [0.1, 0.15) is 11.6 Å². The third-order valence-corrected chi connectivity index (χ3v) is 6.73. The number of nitrogens with zero attached hydrogens (tertiary/aromatic N) is 6. The molecule has 6 rings (SSSR count). The Morgan fingerprint density at radius 2 is 1.06 bits per heavy atom. The number of aromatic amines is 2. The first-order chi connectivity index (χ1) is 17.2. The third kappa shape index (κ3) is 3.54. The van der Waals surface area contributed by atoms with E-state index >= 15 is 0 Å². The molecule has 0 aliphatic heterocycles. The van der Waals surface area contributed by atoms with Crippen molar-refractivity contribution in [3.8, 4) is 22.8 Å². The molecule has 0 radical (unpaired) electrons. The molecule has 0 saturated carbocycles. The highest BCUT2D eigenvalue weighted by Gasteiger charge is 2.37. The number of nitrogens with one attached hydrogen (secondary N) is 2. The van der Waals surface area contributed by atoms with E-state index in [0.717, 1.165) is 57.7 Å². The monoisotopic (exact) mass is 460 g/mol. The average molecular weight is 461 g/mol. The molecule has 0 aliphatic carbocycles. The Kier molecular flexibility index (Phi) is 5.06. The van der Waals surface area contributed by atoms with Gasteiger partial charge in [-0.3, -0.25) is 0 Å². The summed E-state index contributed by atoms with van der Waals surface area (Å²) in [5.41, 5.74) is 5.24. The molecule has 0 unspecified atom stereocenters. The van der Waals surface area contributed by atoms with Gasteiger partial charge in [-0.2, -0.15) is 0 Å². The summed E-state index contributed by atoms with van der Waals surface area (Å²) in [6, 6.07) is 15.8. The molecule has 0 aliphatic rings. The maximum Gasteiger partial charge on any atom is 0.159 e. The molecule has 0 amide bonds. The lowest BCUT2D eigenvalue weighted by atomic mass is 9.80. The van der Waals surface area contributed by atoms with Crippen molar-refractivity contribution in [2.75, 3.05) is 0 Å². The molecule has 8 heteroatoms. The minimum Gasteiger partial charge on any atom is -0.341 e. The highest BCUT2D eigenvalue weighted by atomic mass is 15.0. The minimum atomic E-state index is -0.384. The number of aromatic nitrogens is 8. The predicted molar refractivity (Wildman–Crippen MR) is 136 cm³/mol. The maximum absolute atomic E-state index is 5.00. The van der Waals surface area contributed by atoms with Gasteiger partial charge in [0.2, 0.25) is 0 Å². The van der Waals surface area contributed by atoms with Crippen molar-refractivity contribution >= 4 is 22.1 Å². The Bertz CT molecular complexity index is 1500. The molecule has 6 aromatic rings. The third-order valence-electron chi connectivity index (χ3n) is 6.73. The second-order valence-electron chi connectivity index (χ2n) is 8.57. The molecule has 2 aromatic carbocycles. The lowest BCUT2D eigenvalue weighted by molar-refractivity contribution is 0.432. The average Bonchev–Trinajstić information content (AvgIpc) is 3.55. The minimum absolute atomic E-state index is 0.384. The molecule has 35 heavy (non-hydrogen) atoms. The first kappa shape index (κ1) is 21.1. The molecular weight excluding hydrogens is 436 g/mol. The van der Waals surface area contributed by atoms with Crippen molar-refractivity contribution < 1.29 is 0 Å². The van der Waals surface area contributed by atoms with E-state index in [-0.39, 0.29) is 5.41 Å². The number of rotatable bonds is 6. The number of H-pyrrole nitrogens is 2. The molecule has 2 N–H and O–H groups in total. The van der Waals surface area contributed by atoms with E-state index in [4.69, 9.17) is 9.97 Å². The SMILES string of the molecule is CCC(CC)(c1nc2ccc(-c3ncccn3)cc2[nH]1)c1nc2ccc(-c3ncccn3)cc2[nH]1. The van der Waals surface area contributed by atoms with Crippen molar-refractivity contribution in [3.05, 3.63) is 85.0 Å². The fourth-order valence-corrected chi connectivity index (χ4v) is 4.68. The van der Waals surface area contributed by atoms with Crippen molar-refractivity contribution in [1.29, 1.82) is 0 Å². The zero-order valence-electron chi connectivity index (χ0n) is 19.5. The molecule has 0 bridgehead atoms. The van der Waals surface area contributed by atoms with Crippen LogP contribution in [-0.2, 0) is 5.41 Å². The Morgan fingerprint density at radius 3 is 1.46 bits per heavy atom. The van der Waals surface area contributed by atoms with E-state index in [1.165, 1.54) is 0 Å². The zero-order valence-corrected chi connectivity index (χ0v) is 19.5. The normalized spacial score (nSPS) is 11.9.